The molecule has 0 aliphatic carbocycles. The summed E-state index contributed by atoms with van der Waals surface area (Å²) in [7, 11) is 4.01. The van der Waals surface area contributed by atoms with Gasteiger partial charge in [0, 0.05) is 37.6 Å². The van der Waals surface area contributed by atoms with E-state index in [0.717, 1.165) is 22.0 Å². The molecule has 2 aromatic carbocycles. The van der Waals surface area contributed by atoms with Crippen LogP contribution in [0, 0.1) is 0 Å². The summed E-state index contributed by atoms with van der Waals surface area (Å²) in [6.07, 6.45) is 1.47. The topological polar surface area (TPSA) is 73.9 Å². The number of aromatic amines is 1. The van der Waals surface area contributed by atoms with E-state index in [1.807, 2.05) is 67.5 Å². The lowest BCUT2D eigenvalue weighted by atomic mass is 10.1. The zero-order valence-electron chi connectivity index (χ0n) is 14.8. The summed E-state index contributed by atoms with van der Waals surface area (Å²) in [5.41, 5.74) is 3.85. The molecular formula is C19H21N5OS. The predicted molar refractivity (Wildman–Crippen MR) is 104 cm³/mol. The van der Waals surface area contributed by atoms with Crippen LogP contribution in [0.4, 0.5) is 5.69 Å². The lowest BCUT2D eigenvalue weighted by Crippen LogP contribution is -2.24. The van der Waals surface area contributed by atoms with Crippen LogP contribution in [0.3, 0.4) is 0 Å². The van der Waals surface area contributed by atoms with Gasteiger partial charge in [0.05, 0.1) is 0 Å². The Morgan fingerprint density at radius 3 is 2.62 bits per heavy atom. The Morgan fingerprint density at radius 2 is 1.92 bits per heavy atom. The third-order valence-corrected chi connectivity index (χ3v) is 4.85. The van der Waals surface area contributed by atoms with Crippen LogP contribution in [-0.4, -0.2) is 35.2 Å². The summed E-state index contributed by atoms with van der Waals surface area (Å²) in [6.45, 7) is 0.496. The minimum atomic E-state index is -0.0737. The molecule has 0 bridgehead atoms. The van der Waals surface area contributed by atoms with Gasteiger partial charge in [-0.05, 0) is 29.3 Å². The van der Waals surface area contributed by atoms with Crippen LogP contribution in [0.1, 0.15) is 21.5 Å². The minimum absolute atomic E-state index is 0.0737. The van der Waals surface area contributed by atoms with Crippen molar-refractivity contribution in [2.24, 2.45) is 0 Å². The molecule has 6 nitrogen and oxygen atoms in total. The van der Waals surface area contributed by atoms with Crippen LogP contribution in [-0.2, 0) is 12.3 Å². The van der Waals surface area contributed by atoms with E-state index in [9.17, 15) is 4.79 Å². The van der Waals surface area contributed by atoms with Gasteiger partial charge in [0.1, 0.15) is 6.33 Å². The third-order valence-electron chi connectivity index (χ3n) is 3.93. The third kappa shape index (κ3) is 4.64. The number of amides is 1. The zero-order chi connectivity index (χ0) is 18.4. The average Bonchev–Trinajstić information content (AvgIpc) is 3.18. The summed E-state index contributed by atoms with van der Waals surface area (Å²) in [6, 6.07) is 15.8. The molecule has 1 amide bonds. The minimum Gasteiger partial charge on any atom is -0.378 e. The largest absolute Gasteiger partial charge is 0.378 e. The van der Waals surface area contributed by atoms with Gasteiger partial charge in [-0.25, -0.2) is 4.98 Å². The van der Waals surface area contributed by atoms with Crippen LogP contribution >= 0.6 is 11.8 Å². The van der Waals surface area contributed by atoms with Crippen molar-refractivity contribution in [3.05, 3.63) is 71.5 Å². The van der Waals surface area contributed by atoms with Gasteiger partial charge in [-0.1, -0.05) is 42.1 Å². The standard InChI is InChI=1S/C19H21N5OS/c1-24(2)16-9-7-14(8-10-16)11-20-18(25)17-6-4-3-5-15(17)12-26-19-21-13-22-23-19/h3-10,13H,11-12H2,1-2H3,(H,20,25)(H,21,22,23). The van der Waals surface area contributed by atoms with Crippen LogP contribution in [0.2, 0.25) is 0 Å². The van der Waals surface area contributed by atoms with Gasteiger partial charge < -0.3 is 10.2 Å². The van der Waals surface area contributed by atoms with Crippen molar-refractivity contribution in [2.45, 2.75) is 17.5 Å². The molecule has 3 aromatic rings. The van der Waals surface area contributed by atoms with Crippen molar-refractivity contribution in [3.8, 4) is 0 Å². The van der Waals surface area contributed by atoms with Crippen molar-refractivity contribution in [2.75, 3.05) is 19.0 Å². The highest BCUT2D eigenvalue weighted by molar-refractivity contribution is 7.98. The molecule has 0 saturated heterocycles. The normalized spacial score (nSPS) is 10.5. The van der Waals surface area contributed by atoms with Gasteiger partial charge in [-0.3, -0.25) is 9.89 Å². The SMILES string of the molecule is CN(C)c1ccc(CNC(=O)c2ccccc2CSc2ncn[nH]2)cc1. The number of hydrogen-bond donors (Lipinski definition) is 2. The summed E-state index contributed by atoms with van der Waals surface area (Å²) < 4.78 is 0. The first-order valence-corrected chi connectivity index (χ1v) is 9.22. The fourth-order valence-corrected chi connectivity index (χ4v) is 3.25. The van der Waals surface area contributed by atoms with Crippen molar-refractivity contribution in [1.82, 2.24) is 20.5 Å². The number of thioether (sulfide) groups is 1. The fourth-order valence-electron chi connectivity index (χ4n) is 2.47. The van der Waals surface area contributed by atoms with E-state index in [-0.39, 0.29) is 5.91 Å². The summed E-state index contributed by atoms with van der Waals surface area (Å²) in [5, 5.41) is 10.4. The quantitative estimate of drug-likeness (QED) is 0.628. The van der Waals surface area contributed by atoms with Gasteiger partial charge in [0.25, 0.3) is 5.91 Å². The maximum atomic E-state index is 12.6. The molecule has 0 spiro atoms. The van der Waals surface area contributed by atoms with E-state index in [0.29, 0.717) is 17.9 Å². The van der Waals surface area contributed by atoms with E-state index in [4.69, 9.17) is 0 Å². The molecule has 0 saturated carbocycles. The van der Waals surface area contributed by atoms with E-state index in [1.54, 1.807) is 0 Å². The molecule has 0 aliphatic heterocycles. The maximum absolute atomic E-state index is 12.6. The molecule has 3 rings (SSSR count). The Labute approximate surface area is 157 Å². The number of hydrogen-bond acceptors (Lipinski definition) is 5. The number of anilines is 1. The van der Waals surface area contributed by atoms with E-state index in [2.05, 4.69) is 20.5 Å². The molecule has 26 heavy (non-hydrogen) atoms. The fraction of sp³-hybridized carbons (Fsp3) is 0.211. The second-order valence-electron chi connectivity index (χ2n) is 5.98. The Bertz CT molecular complexity index is 847. The van der Waals surface area contributed by atoms with E-state index in [1.165, 1.54) is 18.1 Å². The van der Waals surface area contributed by atoms with Crippen LogP contribution in [0.5, 0.6) is 0 Å². The van der Waals surface area contributed by atoms with Crippen molar-refractivity contribution >= 4 is 23.4 Å². The Hall–Kier alpha value is -2.80. The molecule has 0 atom stereocenters. The summed E-state index contributed by atoms with van der Waals surface area (Å²) in [4.78, 5) is 18.8. The summed E-state index contributed by atoms with van der Waals surface area (Å²) in [5.74, 6) is 0.575. The first kappa shape index (κ1) is 18.0. The zero-order valence-corrected chi connectivity index (χ0v) is 15.6. The van der Waals surface area contributed by atoms with Crippen molar-refractivity contribution in [1.29, 1.82) is 0 Å². The van der Waals surface area contributed by atoms with Gasteiger partial charge in [0.15, 0.2) is 5.16 Å². The Kier molecular flexibility index (Phi) is 5.91. The van der Waals surface area contributed by atoms with Crippen LogP contribution < -0.4 is 10.2 Å². The van der Waals surface area contributed by atoms with Gasteiger partial charge in [-0.15, -0.1) is 0 Å². The van der Waals surface area contributed by atoms with Crippen molar-refractivity contribution in [3.63, 3.8) is 0 Å². The number of H-pyrrole nitrogens is 1. The first-order chi connectivity index (χ1) is 12.6. The van der Waals surface area contributed by atoms with Gasteiger partial charge >= 0.3 is 0 Å². The number of benzene rings is 2. The maximum Gasteiger partial charge on any atom is 0.251 e. The second kappa shape index (κ2) is 8.53. The highest BCUT2D eigenvalue weighted by Gasteiger charge is 2.11. The molecule has 7 heteroatoms. The Balaban J connectivity index is 1.62. The Morgan fingerprint density at radius 1 is 1.15 bits per heavy atom. The van der Waals surface area contributed by atoms with Gasteiger partial charge in [0.2, 0.25) is 0 Å². The highest BCUT2D eigenvalue weighted by Crippen LogP contribution is 2.21. The molecule has 0 fully saturated rings. The van der Waals surface area contributed by atoms with Gasteiger partial charge in [-0.2, -0.15) is 5.10 Å². The molecule has 0 aliphatic rings. The first-order valence-electron chi connectivity index (χ1n) is 8.24. The van der Waals surface area contributed by atoms with Crippen LogP contribution in [0.25, 0.3) is 0 Å². The number of rotatable bonds is 7. The number of aromatic nitrogens is 3. The molecule has 0 unspecified atom stereocenters. The molecule has 0 radical (unpaired) electrons. The molecular weight excluding hydrogens is 346 g/mol. The average molecular weight is 367 g/mol. The second-order valence-corrected chi connectivity index (χ2v) is 6.94. The highest BCUT2D eigenvalue weighted by atomic mass is 32.2. The van der Waals surface area contributed by atoms with E-state index < -0.39 is 0 Å². The summed E-state index contributed by atoms with van der Waals surface area (Å²) >= 11 is 1.52. The number of carbonyl (C=O) groups excluding carboxylic acids is 1. The number of nitrogens with one attached hydrogen (secondary N) is 2. The van der Waals surface area contributed by atoms with Crippen LogP contribution in [0.15, 0.2) is 60.0 Å². The predicted octanol–water partition coefficient (Wildman–Crippen LogP) is 3.09. The van der Waals surface area contributed by atoms with Crippen molar-refractivity contribution < 1.29 is 4.79 Å². The monoisotopic (exact) mass is 367 g/mol. The number of carbonyl (C=O) groups is 1. The molecule has 1 aromatic heterocycles. The molecule has 134 valence electrons. The smallest absolute Gasteiger partial charge is 0.251 e. The molecule has 1 heterocycles. The lowest BCUT2D eigenvalue weighted by Gasteiger charge is -2.13. The number of nitrogens with zero attached hydrogens (tertiary/aromatic N) is 3. The molecule has 2 N–H and O–H groups in total. The lowest BCUT2D eigenvalue weighted by molar-refractivity contribution is 0.0950. The van der Waals surface area contributed by atoms with E-state index >= 15 is 0 Å².